The van der Waals surface area contributed by atoms with Gasteiger partial charge in [-0.2, -0.15) is 0 Å². The van der Waals surface area contributed by atoms with E-state index in [1.54, 1.807) is 6.20 Å². The Kier molecular flexibility index (Phi) is 6.05. The SMILES string of the molecule is CC1=C[C@@H](CNCc2ccccn2)[C@H](C(C)C)C[C@H]1Cc1nc2ccncc2[nH]1. The first kappa shape index (κ1) is 19.8. The molecule has 3 heterocycles. The van der Waals surface area contributed by atoms with Crippen LogP contribution in [0, 0.1) is 23.7 Å². The largest absolute Gasteiger partial charge is 0.341 e. The minimum atomic E-state index is 0.544. The number of hydrogen-bond donors (Lipinski definition) is 2. The molecule has 3 atom stereocenters. The molecular weight excluding hydrogens is 358 g/mol. The molecule has 3 aromatic rings. The van der Waals surface area contributed by atoms with Crippen LogP contribution in [0.5, 0.6) is 0 Å². The van der Waals surface area contributed by atoms with E-state index >= 15 is 0 Å². The summed E-state index contributed by atoms with van der Waals surface area (Å²) in [6.45, 7) is 8.83. The molecule has 29 heavy (non-hydrogen) atoms. The van der Waals surface area contributed by atoms with Crippen LogP contribution in [0.3, 0.4) is 0 Å². The van der Waals surface area contributed by atoms with Crippen LogP contribution in [-0.4, -0.2) is 26.5 Å². The highest BCUT2D eigenvalue weighted by Gasteiger charge is 2.31. The first-order valence-electron chi connectivity index (χ1n) is 10.7. The third kappa shape index (κ3) is 4.73. The van der Waals surface area contributed by atoms with E-state index in [0.717, 1.165) is 42.1 Å². The van der Waals surface area contributed by atoms with Crippen molar-refractivity contribution >= 4 is 11.0 Å². The molecule has 1 aliphatic rings. The molecule has 5 heteroatoms. The van der Waals surface area contributed by atoms with Gasteiger partial charge in [-0.1, -0.05) is 31.6 Å². The summed E-state index contributed by atoms with van der Waals surface area (Å²) in [4.78, 5) is 16.8. The zero-order chi connectivity index (χ0) is 20.2. The van der Waals surface area contributed by atoms with Crippen LogP contribution in [0.1, 0.15) is 38.7 Å². The first-order valence-corrected chi connectivity index (χ1v) is 10.7. The van der Waals surface area contributed by atoms with E-state index in [2.05, 4.69) is 53.2 Å². The van der Waals surface area contributed by atoms with Gasteiger partial charge in [0.15, 0.2) is 0 Å². The molecule has 0 aliphatic heterocycles. The Hall–Kier alpha value is -2.53. The highest BCUT2D eigenvalue weighted by Crippen LogP contribution is 2.38. The maximum atomic E-state index is 4.77. The maximum Gasteiger partial charge on any atom is 0.107 e. The highest BCUT2D eigenvalue weighted by atomic mass is 14.9. The van der Waals surface area contributed by atoms with E-state index in [4.69, 9.17) is 4.98 Å². The van der Waals surface area contributed by atoms with Crippen molar-refractivity contribution in [2.75, 3.05) is 6.54 Å². The van der Waals surface area contributed by atoms with Gasteiger partial charge in [-0.05, 0) is 55.2 Å². The lowest BCUT2D eigenvalue weighted by Crippen LogP contribution is -2.34. The third-order valence-corrected chi connectivity index (χ3v) is 6.27. The number of allylic oxidation sites excluding steroid dienone is 1. The van der Waals surface area contributed by atoms with Crippen LogP contribution < -0.4 is 5.32 Å². The Bertz CT molecular complexity index is 927. The van der Waals surface area contributed by atoms with E-state index in [1.165, 1.54) is 12.0 Å². The predicted molar refractivity (Wildman–Crippen MR) is 117 cm³/mol. The van der Waals surface area contributed by atoms with E-state index in [0.29, 0.717) is 23.7 Å². The van der Waals surface area contributed by atoms with Gasteiger partial charge < -0.3 is 10.3 Å². The van der Waals surface area contributed by atoms with Crippen molar-refractivity contribution < 1.29 is 0 Å². The van der Waals surface area contributed by atoms with Gasteiger partial charge in [0.2, 0.25) is 0 Å². The van der Waals surface area contributed by atoms with Crippen LogP contribution in [0.4, 0.5) is 0 Å². The number of hydrogen-bond acceptors (Lipinski definition) is 4. The Morgan fingerprint density at radius 3 is 2.86 bits per heavy atom. The number of aromatic amines is 1. The van der Waals surface area contributed by atoms with Crippen LogP contribution in [0.25, 0.3) is 11.0 Å². The summed E-state index contributed by atoms with van der Waals surface area (Å²) in [5.74, 6) is 3.51. The quantitative estimate of drug-likeness (QED) is 0.582. The summed E-state index contributed by atoms with van der Waals surface area (Å²) < 4.78 is 0. The molecule has 2 N–H and O–H groups in total. The van der Waals surface area contributed by atoms with Crippen LogP contribution in [0.2, 0.25) is 0 Å². The monoisotopic (exact) mass is 389 g/mol. The minimum absolute atomic E-state index is 0.544. The molecule has 3 aromatic heterocycles. The molecule has 0 aromatic carbocycles. The van der Waals surface area contributed by atoms with Crippen LogP contribution >= 0.6 is 0 Å². The number of nitrogens with zero attached hydrogens (tertiary/aromatic N) is 3. The molecule has 0 saturated heterocycles. The second kappa shape index (κ2) is 8.87. The minimum Gasteiger partial charge on any atom is -0.341 e. The first-order chi connectivity index (χ1) is 14.1. The predicted octanol–water partition coefficient (Wildman–Crippen LogP) is 4.54. The number of nitrogens with one attached hydrogen (secondary N) is 2. The number of rotatable bonds is 7. The smallest absolute Gasteiger partial charge is 0.107 e. The average molecular weight is 390 g/mol. The zero-order valence-corrected chi connectivity index (χ0v) is 17.6. The molecule has 0 amide bonds. The number of aromatic nitrogens is 4. The molecule has 0 bridgehead atoms. The maximum absolute atomic E-state index is 4.77. The number of fused-ring (bicyclic) bond motifs is 1. The highest BCUT2D eigenvalue weighted by molar-refractivity contribution is 5.73. The van der Waals surface area contributed by atoms with E-state index < -0.39 is 0 Å². The lowest BCUT2D eigenvalue weighted by atomic mass is 9.70. The molecule has 4 rings (SSSR count). The second-order valence-corrected chi connectivity index (χ2v) is 8.65. The van der Waals surface area contributed by atoms with Crippen molar-refractivity contribution in [3.05, 3.63) is 66.0 Å². The second-order valence-electron chi connectivity index (χ2n) is 8.65. The summed E-state index contributed by atoms with van der Waals surface area (Å²) in [5.41, 5.74) is 4.62. The fourth-order valence-corrected chi connectivity index (χ4v) is 4.62. The van der Waals surface area contributed by atoms with Crippen molar-refractivity contribution in [3.63, 3.8) is 0 Å². The van der Waals surface area contributed by atoms with Crippen LogP contribution in [-0.2, 0) is 13.0 Å². The Morgan fingerprint density at radius 1 is 1.21 bits per heavy atom. The standard InChI is InChI=1S/C24H31N5/c1-16(2)21-11-18(12-24-28-22-7-9-25-15-23(22)29-24)17(3)10-19(21)13-26-14-20-6-4-5-8-27-20/h4-10,15-16,18-19,21,26H,11-14H2,1-3H3,(H,28,29)/t18-,19-,21-/m0/s1. The lowest BCUT2D eigenvalue weighted by Gasteiger charge is -2.37. The number of imidazole rings is 1. The number of H-pyrrole nitrogens is 1. The Labute approximate surface area is 173 Å². The lowest BCUT2D eigenvalue weighted by molar-refractivity contribution is 0.221. The number of pyridine rings is 2. The summed E-state index contributed by atoms with van der Waals surface area (Å²) in [6, 6.07) is 8.06. The van der Waals surface area contributed by atoms with Gasteiger partial charge in [-0.25, -0.2) is 4.98 Å². The molecule has 0 unspecified atom stereocenters. The summed E-state index contributed by atoms with van der Waals surface area (Å²) in [5, 5.41) is 3.63. The molecule has 0 radical (unpaired) electrons. The van der Waals surface area contributed by atoms with Crippen molar-refractivity contribution in [2.24, 2.45) is 23.7 Å². The molecule has 0 spiro atoms. The van der Waals surface area contributed by atoms with Gasteiger partial charge in [-0.15, -0.1) is 0 Å². The average Bonchev–Trinajstić information content (AvgIpc) is 3.13. The topological polar surface area (TPSA) is 66.5 Å². The molecular formula is C24H31N5. The Balaban J connectivity index is 1.43. The van der Waals surface area contributed by atoms with Gasteiger partial charge in [0.05, 0.1) is 22.9 Å². The van der Waals surface area contributed by atoms with E-state index in [-0.39, 0.29) is 0 Å². The molecule has 0 fully saturated rings. The summed E-state index contributed by atoms with van der Waals surface area (Å²) in [6.07, 6.45) is 10.2. The fourth-order valence-electron chi connectivity index (χ4n) is 4.62. The molecule has 1 aliphatic carbocycles. The van der Waals surface area contributed by atoms with E-state index in [9.17, 15) is 0 Å². The van der Waals surface area contributed by atoms with Crippen molar-refractivity contribution in [1.82, 2.24) is 25.3 Å². The Morgan fingerprint density at radius 2 is 2.10 bits per heavy atom. The van der Waals surface area contributed by atoms with Crippen molar-refractivity contribution in [2.45, 2.75) is 40.2 Å². The van der Waals surface area contributed by atoms with Gasteiger partial charge in [0, 0.05) is 31.9 Å². The summed E-state index contributed by atoms with van der Waals surface area (Å²) >= 11 is 0. The summed E-state index contributed by atoms with van der Waals surface area (Å²) in [7, 11) is 0. The van der Waals surface area contributed by atoms with Crippen molar-refractivity contribution in [1.29, 1.82) is 0 Å². The van der Waals surface area contributed by atoms with Gasteiger partial charge >= 0.3 is 0 Å². The molecule has 5 nitrogen and oxygen atoms in total. The third-order valence-electron chi connectivity index (χ3n) is 6.27. The molecule has 152 valence electrons. The van der Waals surface area contributed by atoms with Gasteiger partial charge in [0.25, 0.3) is 0 Å². The van der Waals surface area contributed by atoms with Gasteiger partial charge in [0.1, 0.15) is 5.82 Å². The van der Waals surface area contributed by atoms with Crippen LogP contribution in [0.15, 0.2) is 54.5 Å². The zero-order valence-electron chi connectivity index (χ0n) is 17.6. The molecule has 0 saturated carbocycles. The van der Waals surface area contributed by atoms with Crippen molar-refractivity contribution in [3.8, 4) is 0 Å². The fraction of sp³-hybridized carbons (Fsp3) is 0.458. The van der Waals surface area contributed by atoms with Gasteiger partial charge in [-0.3, -0.25) is 9.97 Å². The normalized spacial score (nSPS) is 22.2. The van der Waals surface area contributed by atoms with E-state index in [1.807, 2.05) is 30.6 Å².